The molecule has 4 aromatic rings. The Bertz CT molecular complexity index is 1900. The van der Waals surface area contributed by atoms with Crippen molar-refractivity contribution in [1.29, 1.82) is 0 Å². The molecule has 6 heteroatoms. The fourth-order valence-electron chi connectivity index (χ4n) is 8.85. The van der Waals surface area contributed by atoms with E-state index < -0.39 is 21.5 Å². The zero-order valence-electron chi connectivity index (χ0n) is 31.1. The van der Waals surface area contributed by atoms with Crippen molar-refractivity contribution in [3.63, 3.8) is 0 Å². The van der Waals surface area contributed by atoms with Crippen molar-refractivity contribution >= 4 is 46.5 Å². The molecule has 0 bridgehead atoms. The van der Waals surface area contributed by atoms with Crippen molar-refractivity contribution < 1.29 is 15.6 Å². The molecule has 0 aromatic heterocycles. The SMILES string of the molecule is C=CC[N+](C)(C)c1ccc(-c2cccc3c2C=C(C)[CH]3[Zr]([Cl])([Cl])([CH]2C(C)=Cc3c(-c4ccc([N+](C)(C)CC=C)cc4)cccc32)[SiH](C)C)cc1. The first-order chi connectivity index (χ1) is 23.5. The molecule has 0 saturated heterocycles. The van der Waals surface area contributed by atoms with Gasteiger partial charge in [-0.2, -0.15) is 0 Å². The van der Waals surface area contributed by atoms with Crippen LogP contribution in [0.4, 0.5) is 11.4 Å². The molecule has 4 aromatic carbocycles. The summed E-state index contributed by atoms with van der Waals surface area (Å²) >= 11 is -4.77. The van der Waals surface area contributed by atoms with Gasteiger partial charge in [-0.3, -0.25) is 0 Å². The summed E-state index contributed by atoms with van der Waals surface area (Å²) < 4.78 is 1.67. The summed E-state index contributed by atoms with van der Waals surface area (Å²) in [6.07, 6.45) is 8.77. The fraction of sp³-hybridized carbons (Fsp3) is 0.273. The van der Waals surface area contributed by atoms with E-state index in [0.717, 1.165) is 22.1 Å². The molecule has 2 atom stereocenters. The minimum absolute atomic E-state index is 0.0657. The first-order valence-corrected chi connectivity index (χ1v) is 34.2. The van der Waals surface area contributed by atoms with E-state index in [2.05, 4.69) is 165 Å². The van der Waals surface area contributed by atoms with Gasteiger partial charge in [0.15, 0.2) is 0 Å². The van der Waals surface area contributed by atoms with Crippen LogP contribution in [0.15, 0.2) is 121 Å². The van der Waals surface area contributed by atoms with E-state index in [-0.39, 0.29) is 7.25 Å². The van der Waals surface area contributed by atoms with Crippen molar-refractivity contribution in [3.8, 4) is 22.3 Å². The minimum atomic E-state index is -4.77. The van der Waals surface area contributed by atoms with E-state index in [1.807, 2.05) is 12.2 Å². The van der Waals surface area contributed by atoms with Gasteiger partial charge < -0.3 is 0 Å². The molecule has 0 radical (unpaired) electrons. The van der Waals surface area contributed by atoms with Gasteiger partial charge in [-0.15, -0.1) is 0 Å². The van der Waals surface area contributed by atoms with Crippen molar-refractivity contribution in [2.75, 3.05) is 41.3 Å². The van der Waals surface area contributed by atoms with Gasteiger partial charge in [0.05, 0.1) is 0 Å². The number of hydrogen-bond acceptors (Lipinski definition) is 0. The van der Waals surface area contributed by atoms with Gasteiger partial charge in [0, 0.05) is 0 Å². The van der Waals surface area contributed by atoms with Crippen LogP contribution in [0.1, 0.15) is 43.4 Å². The number of rotatable bonds is 11. The molecule has 0 N–H and O–H groups in total. The van der Waals surface area contributed by atoms with Crippen molar-refractivity contribution in [3.05, 3.63) is 144 Å². The Morgan fingerprint density at radius 2 is 0.980 bits per heavy atom. The monoisotopic (exact) mass is 797 g/mol. The van der Waals surface area contributed by atoms with E-state index in [4.69, 9.17) is 17.0 Å². The summed E-state index contributed by atoms with van der Waals surface area (Å²) in [5.41, 5.74) is 15.3. The van der Waals surface area contributed by atoms with Crippen molar-refractivity contribution in [2.24, 2.45) is 0 Å². The number of nitrogens with zero attached hydrogens (tertiary/aromatic N) is 2. The van der Waals surface area contributed by atoms with Crippen LogP contribution in [-0.2, 0) is 15.6 Å². The number of likely N-dealkylation sites (N-methyl/N-ethyl adjacent to an activating group) is 2. The van der Waals surface area contributed by atoms with Gasteiger partial charge in [-0.1, -0.05) is 0 Å². The van der Waals surface area contributed by atoms with Crippen LogP contribution in [-0.4, -0.2) is 47.2 Å². The standard InChI is InChI=1S/2C21H23N.C2H7Si.2ClH.Zr/c2*1-5-13-22(3,4)19-11-9-17(10-12-19)20-8-6-7-18-14-16(2)15-21(18)20;1-3-2;;;/h2*5-12,14-15H,1,13H2,2-4H3;3H,1-2H3;2*1H;/q2*+1;;;;+2/p-2. The summed E-state index contributed by atoms with van der Waals surface area (Å²) in [5, 5.41) is 0. The molecule has 6 rings (SSSR count). The number of benzene rings is 4. The number of fused-ring (bicyclic) bond motifs is 2. The van der Waals surface area contributed by atoms with Gasteiger partial charge in [-0.05, 0) is 0 Å². The molecule has 2 aliphatic carbocycles. The Labute approximate surface area is 310 Å². The van der Waals surface area contributed by atoms with Crippen LogP contribution < -0.4 is 8.97 Å². The van der Waals surface area contributed by atoms with Gasteiger partial charge in [0.2, 0.25) is 0 Å². The Morgan fingerprint density at radius 1 is 0.620 bits per heavy atom. The van der Waals surface area contributed by atoms with Crippen LogP contribution in [0.5, 0.6) is 0 Å². The molecular weight excluding hydrogens is 747 g/mol. The quantitative estimate of drug-likeness (QED) is 0.0805. The fourth-order valence-corrected chi connectivity index (χ4v) is 41.8. The van der Waals surface area contributed by atoms with Crippen LogP contribution >= 0.6 is 17.0 Å². The third-order valence-electron chi connectivity index (χ3n) is 11.7. The second-order valence-electron chi connectivity index (χ2n) is 16.0. The van der Waals surface area contributed by atoms with E-state index >= 15 is 0 Å². The summed E-state index contributed by atoms with van der Waals surface area (Å²) in [7, 11) is 25.9. The molecule has 0 heterocycles. The molecular formula is C44H53Cl2N2SiZr+2. The number of quaternary nitrogens is 2. The second-order valence-corrected chi connectivity index (χ2v) is 58.6. The number of hydrogen-bond donors (Lipinski definition) is 0. The topological polar surface area (TPSA) is 0 Å². The first-order valence-electron chi connectivity index (χ1n) is 17.8. The Kier molecular flexibility index (Phi) is 10.0. The number of halogens is 2. The van der Waals surface area contributed by atoms with Gasteiger partial charge in [0.25, 0.3) is 0 Å². The summed E-state index contributed by atoms with van der Waals surface area (Å²) in [4.78, 5) is 0. The molecule has 0 aliphatic heterocycles. The zero-order chi connectivity index (χ0) is 36.2. The Morgan fingerprint density at radius 3 is 1.30 bits per heavy atom. The third kappa shape index (κ3) is 6.09. The van der Waals surface area contributed by atoms with Crippen LogP contribution in [0.25, 0.3) is 34.4 Å². The van der Waals surface area contributed by atoms with E-state index in [0.29, 0.717) is 0 Å². The average Bonchev–Trinajstić information content (AvgIpc) is 3.61. The molecule has 0 amide bonds. The van der Waals surface area contributed by atoms with Gasteiger partial charge in [-0.25, -0.2) is 0 Å². The molecule has 0 spiro atoms. The molecule has 2 unspecified atom stereocenters. The summed E-state index contributed by atoms with van der Waals surface area (Å²) in [5.74, 6) is -1.62. The first kappa shape index (κ1) is 37.2. The number of allylic oxidation sites excluding steroid dienone is 2. The molecule has 0 saturated carbocycles. The van der Waals surface area contributed by atoms with Crippen molar-refractivity contribution in [2.45, 2.75) is 34.2 Å². The van der Waals surface area contributed by atoms with Crippen molar-refractivity contribution in [1.82, 2.24) is 8.97 Å². The van der Waals surface area contributed by atoms with E-state index in [1.54, 1.807) is 0 Å². The van der Waals surface area contributed by atoms with Crippen LogP contribution in [0, 0.1) is 0 Å². The zero-order valence-corrected chi connectivity index (χ0v) is 36.2. The van der Waals surface area contributed by atoms with Gasteiger partial charge >= 0.3 is 312 Å². The Balaban J connectivity index is 1.43. The maximum atomic E-state index is 8.52. The normalized spacial score (nSPS) is 18.2. The second kappa shape index (κ2) is 13.4. The predicted octanol–water partition coefficient (Wildman–Crippen LogP) is 12.1. The molecule has 50 heavy (non-hydrogen) atoms. The summed E-state index contributed by atoms with van der Waals surface area (Å²) in [6.45, 7) is 19.1. The molecule has 0 fully saturated rings. The summed E-state index contributed by atoms with van der Waals surface area (Å²) in [6, 6.07) is 31.7. The average molecular weight is 800 g/mol. The van der Waals surface area contributed by atoms with E-state index in [9.17, 15) is 0 Å². The molecule has 2 nitrogen and oxygen atoms in total. The molecule has 259 valence electrons. The van der Waals surface area contributed by atoms with Crippen LogP contribution in [0.3, 0.4) is 0 Å². The van der Waals surface area contributed by atoms with Crippen LogP contribution in [0.2, 0.25) is 13.1 Å². The molecule has 2 aliphatic rings. The predicted molar refractivity (Wildman–Crippen MR) is 225 cm³/mol. The Hall–Kier alpha value is -2.56. The van der Waals surface area contributed by atoms with Gasteiger partial charge in [0.1, 0.15) is 0 Å². The third-order valence-corrected chi connectivity index (χ3v) is 64.0. The van der Waals surface area contributed by atoms with E-state index in [1.165, 1.54) is 67.0 Å². The maximum absolute atomic E-state index is 8.52.